The molecule has 5 nitrogen and oxygen atoms in total. The molecule has 0 radical (unpaired) electrons. The summed E-state index contributed by atoms with van der Waals surface area (Å²) < 4.78 is 5.53. The van der Waals surface area contributed by atoms with Gasteiger partial charge in [-0.3, -0.25) is 4.79 Å². The van der Waals surface area contributed by atoms with E-state index < -0.39 is 18.3 Å². The van der Waals surface area contributed by atoms with E-state index in [1.54, 1.807) is 52.0 Å². The molecule has 0 unspecified atom stereocenters. The smallest absolute Gasteiger partial charge is 0.423 e. The molecule has 0 aliphatic heterocycles. The van der Waals surface area contributed by atoms with Crippen LogP contribution in [-0.4, -0.2) is 40.9 Å². The summed E-state index contributed by atoms with van der Waals surface area (Å²) >= 11 is 0. The number of carbonyl (C=O) groups excluding carboxylic acids is 1. The van der Waals surface area contributed by atoms with Gasteiger partial charge in [-0.2, -0.15) is 0 Å². The van der Waals surface area contributed by atoms with Crippen LogP contribution in [0.2, 0.25) is 0 Å². The molecule has 0 spiro atoms. The van der Waals surface area contributed by atoms with Gasteiger partial charge in [0.05, 0.1) is 17.7 Å². The number of carbonyl (C=O) groups is 1. The monoisotopic (exact) mass is 303 g/mol. The molecule has 0 heterocycles. The average molecular weight is 303 g/mol. The molecule has 0 aliphatic rings. The lowest BCUT2D eigenvalue weighted by Crippen LogP contribution is -2.53. The summed E-state index contributed by atoms with van der Waals surface area (Å²) in [6.45, 7) is 6.76. The highest BCUT2D eigenvalue weighted by Crippen LogP contribution is 2.25. The molecular formula is C16H22BNO4. The summed E-state index contributed by atoms with van der Waals surface area (Å²) in [4.78, 5) is 11.7. The SMILES string of the molecule is C#CCNC(=O)c1ccc(B(O)OC(C)(C)C(C)(C)O)cc1. The van der Waals surface area contributed by atoms with E-state index in [2.05, 4.69) is 11.2 Å². The number of aliphatic hydroxyl groups is 1. The first kappa shape index (κ1) is 18.2. The van der Waals surface area contributed by atoms with Gasteiger partial charge in [0.2, 0.25) is 0 Å². The lowest BCUT2D eigenvalue weighted by molar-refractivity contribution is -0.0982. The molecule has 1 aromatic carbocycles. The number of rotatable bonds is 6. The maximum absolute atomic E-state index is 11.7. The van der Waals surface area contributed by atoms with Gasteiger partial charge in [-0.1, -0.05) is 18.1 Å². The highest BCUT2D eigenvalue weighted by atomic mass is 16.5. The average Bonchev–Trinajstić information content (AvgIpc) is 2.43. The second-order valence-corrected chi connectivity index (χ2v) is 6.05. The summed E-state index contributed by atoms with van der Waals surface area (Å²) in [5.41, 5.74) is -1.14. The van der Waals surface area contributed by atoms with Crippen LogP contribution < -0.4 is 10.8 Å². The first-order valence-corrected chi connectivity index (χ1v) is 6.98. The second-order valence-electron chi connectivity index (χ2n) is 6.05. The van der Waals surface area contributed by atoms with Gasteiger partial charge in [0.25, 0.3) is 5.91 Å². The standard InChI is InChI=1S/C16H22BNO4/c1-6-11-18-14(19)12-7-9-13(10-8-12)17(21)22-16(4,5)15(2,3)20/h1,7-10,20-21H,11H2,2-5H3,(H,18,19). The van der Waals surface area contributed by atoms with E-state index in [1.807, 2.05) is 0 Å². The second kappa shape index (κ2) is 6.97. The largest absolute Gasteiger partial charge is 0.491 e. The van der Waals surface area contributed by atoms with Crippen LogP contribution in [0.1, 0.15) is 38.1 Å². The van der Waals surface area contributed by atoms with Crippen molar-refractivity contribution in [3.05, 3.63) is 29.8 Å². The van der Waals surface area contributed by atoms with Crippen LogP contribution in [0.15, 0.2) is 24.3 Å². The lowest BCUT2D eigenvalue weighted by Gasteiger charge is -2.38. The van der Waals surface area contributed by atoms with Gasteiger partial charge >= 0.3 is 7.12 Å². The molecule has 0 atom stereocenters. The maximum Gasteiger partial charge on any atom is 0.491 e. The van der Waals surface area contributed by atoms with Crippen molar-refractivity contribution < 1.29 is 19.6 Å². The zero-order valence-corrected chi connectivity index (χ0v) is 13.4. The molecule has 0 bridgehead atoms. The fraction of sp³-hybridized carbons (Fsp3) is 0.438. The number of hydrogen-bond donors (Lipinski definition) is 3. The van der Waals surface area contributed by atoms with Crippen molar-refractivity contribution in [3.8, 4) is 12.3 Å². The van der Waals surface area contributed by atoms with Crippen molar-refractivity contribution in [3.63, 3.8) is 0 Å². The third-order valence-electron chi connectivity index (χ3n) is 3.69. The van der Waals surface area contributed by atoms with Gasteiger partial charge < -0.3 is 20.1 Å². The first-order chi connectivity index (χ1) is 10.1. The number of nitrogens with one attached hydrogen (secondary N) is 1. The third kappa shape index (κ3) is 4.60. The van der Waals surface area contributed by atoms with E-state index >= 15 is 0 Å². The predicted octanol–water partition coefficient (Wildman–Crippen LogP) is 0.303. The van der Waals surface area contributed by atoms with E-state index in [1.165, 1.54) is 0 Å². The Morgan fingerprint density at radius 2 is 1.86 bits per heavy atom. The zero-order chi connectivity index (χ0) is 17.0. The van der Waals surface area contributed by atoms with Crippen LogP contribution >= 0.6 is 0 Å². The highest BCUT2D eigenvalue weighted by Gasteiger charge is 2.39. The maximum atomic E-state index is 11.7. The normalized spacial score (nSPS) is 11.7. The first-order valence-electron chi connectivity index (χ1n) is 6.98. The van der Waals surface area contributed by atoms with E-state index in [-0.39, 0.29) is 12.5 Å². The van der Waals surface area contributed by atoms with Crippen molar-refractivity contribution in [2.75, 3.05) is 6.54 Å². The Hall–Kier alpha value is -1.81. The summed E-state index contributed by atoms with van der Waals surface area (Å²) in [6.07, 6.45) is 5.08. The number of benzene rings is 1. The third-order valence-corrected chi connectivity index (χ3v) is 3.69. The summed E-state index contributed by atoms with van der Waals surface area (Å²) in [5, 5.41) is 22.7. The van der Waals surface area contributed by atoms with Crippen molar-refractivity contribution in [1.82, 2.24) is 5.32 Å². The molecule has 6 heteroatoms. The summed E-state index contributed by atoms with van der Waals surface area (Å²) in [7, 11) is -1.20. The lowest BCUT2D eigenvalue weighted by atomic mass is 9.76. The van der Waals surface area contributed by atoms with E-state index in [0.717, 1.165) is 0 Å². The molecule has 1 rings (SSSR count). The minimum absolute atomic E-state index is 0.159. The molecule has 0 saturated heterocycles. The molecule has 22 heavy (non-hydrogen) atoms. The van der Waals surface area contributed by atoms with Crippen LogP contribution in [0.3, 0.4) is 0 Å². The Bertz CT molecular complexity index is 555. The Kier molecular flexibility index (Phi) is 5.78. The van der Waals surface area contributed by atoms with E-state index in [0.29, 0.717) is 11.0 Å². The summed E-state index contributed by atoms with van der Waals surface area (Å²) in [5.74, 6) is 2.04. The molecule has 118 valence electrons. The Labute approximate surface area is 131 Å². The quantitative estimate of drug-likeness (QED) is 0.522. The molecular weight excluding hydrogens is 281 g/mol. The Balaban J connectivity index is 2.79. The minimum atomic E-state index is -1.20. The number of hydrogen-bond acceptors (Lipinski definition) is 4. The fourth-order valence-corrected chi connectivity index (χ4v) is 1.52. The molecule has 1 amide bonds. The highest BCUT2D eigenvalue weighted by molar-refractivity contribution is 6.60. The van der Waals surface area contributed by atoms with Crippen LogP contribution in [0.5, 0.6) is 0 Å². The molecule has 3 N–H and O–H groups in total. The molecule has 0 saturated carbocycles. The van der Waals surface area contributed by atoms with Gasteiger partial charge in [-0.25, -0.2) is 0 Å². The van der Waals surface area contributed by atoms with Crippen molar-refractivity contribution in [2.45, 2.75) is 38.9 Å². The molecule has 0 aliphatic carbocycles. The Morgan fingerprint density at radius 3 is 2.32 bits per heavy atom. The summed E-state index contributed by atoms with van der Waals surface area (Å²) in [6, 6.07) is 6.33. The Morgan fingerprint density at radius 1 is 1.32 bits per heavy atom. The van der Waals surface area contributed by atoms with Gasteiger partial charge in [-0.05, 0) is 45.3 Å². The van der Waals surface area contributed by atoms with Crippen LogP contribution in [0.25, 0.3) is 0 Å². The van der Waals surface area contributed by atoms with E-state index in [4.69, 9.17) is 11.1 Å². The van der Waals surface area contributed by atoms with Crippen LogP contribution in [-0.2, 0) is 4.65 Å². The molecule has 0 fully saturated rings. The van der Waals surface area contributed by atoms with Crippen molar-refractivity contribution in [1.29, 1.82) is 0 Å². The van der Waals surface area contributed by atoms with Crippen molar-refractivity contribution >= 4 is 18.5 Å². The van der Waals surface area contributed by atoms with Crippen molar-refractivity contribution in [2.24, 2.45) is 0 Å². The minimum Gasteiger partial charge on any atom is -0.423 e. The zero-order valence-electron chi connectivity index (χ0n) is 13.4. The molecule has 1 aromatic rings. The van der Waals surface area contributed by atoms with Crippen LogP contribution in [0, 0.1) is 12.3 Å². The fourth-order valence-electron chi connectivity index (χ4n) is 1.52. The molecule has 0 aromatic heterocycles. The number of terminal acetylenes is 1. The van der Waals surface area contributed by atoms with Crippen LogP contribution in [0.4, 0.5) is 0 Å². The van der Waals surface area contributed by atoms with Gasteiger partial charge in [-0.15, -0.1) is 6.42 Å². The number of amides is 1. The van der Waals surface area contributed by atoms with Gasteiger partial charge in [0, 0.05) is 5.56 Å². The topological polar surface area (TPSA) is 78.8 Å². The van der Waals surface area contributed by atoms with Gasteiger partial charge in [0.1, 0.15) is 0 Å². The van der Waals surface area contributed by atoms with E-state index in [9.17, 15) is 14.9 Å². The predicted molar refractivity (Wildman–Crippen MR) is 86.7 cm³/mol. The van der Waals surface area contributed by atoms with Gasteiger partial charge in [0.15, 0.2) is 0 Å².